The molecule has 7 aromatic rings. The molecular weight excluding hydrogens is 408 g/mol. The Morgan fingerprint density at radius 3 is 1.32 bits per heavy atom. The summed E-state index contributed by atoms with van der Waals surface area (Å²) >= 11 is 0. The van der Waals surface area contributed by atoms with Gasteiger partial charge < -0.3 is 0 Å². The second kappa shape index (κ2) is 7.57. The van der Waals surface area contributed by atoms with Gasteiger partial charge in [0.1, 0.15) is 0 Å². The third kappa shape index (κ3) is 2.93. The highest BCUT2D eigenvalue weighted by Gasteiger charge is 2.16. The van der Waals surface area contributed by atoms with Crippen molar-refractivity contribution in [3.05, 3.63) is 133 Å². The van der Waals surface area contributed by atoms with Gasteiger partial charge in [0.05, 0.1) is 28.8 Å². The number of hydrogen-bond donors (Lipinski definition) is 0. The van der Waals surface area contributed by atoms with Crippen molar-refractivity contribution in [2.45, 2.75) is 0 Å². The molecule has 0 aliphatic carbocycles. The maximum Gasteiger partial charge on any atom is 0.0636 e. The molecule has 0 aliphatic heterocycles. The van der Waals surface area contributed by atoms with Crippen molar-refractivity contribution in [1.29, 1.82) is 0 Å². The van der Waals surface area contributed by atoms with Gasteiger partial charge in [0, 0.05) is 0 Å². The lowest BCUT2D eigenvalue weighted by Gasteiger charge is -2.18. The zero-order valence-corrected chi connectivity index (χ0v) is 17.1. The van der Waals surface area contributed by atoms with E-state index in [-0.39, 0.29) is 5.39 Å². The van der Waals surface area contributed by atoms with E-state index in [1.54, 1.807) is 0 Å². The van der Waals surface area contributed by atoms with E-state index in [0.717, 1.165) is 6.07 Å². The summed E-state index contributed by atoms with van der Waals surface area (Å²) in [6.07, 6.45) is 0. The van der Waals surface area contributed by atoms with E-state index in [1.807, 2.05) is 0 Å². The van der Waals surface area contributed by atoms with Crippen molar-refractivity contribution in [3.8, 4) is 22.3 Å². The molecule has 0 amide bonds. The van der Waals surface area contributed by atoms with Crippen LogP contribution in [0.2, 0.25) is 0 Å². The maximum absolute atomic E-state index is 9.30. The van der Waals surface area contributed by atoms with Crippen LogP contribution in [0.4, 0.5) is 0 Å². The average molecular weight is 452 g/mol. The molecule has 7 aromatic carbocycles. The van der Waals surface area contributed by atoms with Crippen LogP contribution in [0.3, 0.4) is 0 Å². The third-order valence-corrected chi connectivity index (χ3v) is 5.45. The SMILES string of the molecule is [2H]c1cc2c([2H])c([2H])c([2H])c([2H])c2c([2H])c1-c1c2c([2H])c([2H])c([2H])c([2H])c2c(-c2c([2H])c([2H])c3c([2H])c([2H])c([2H])c([2H])c3c2[2H])c2c([2H])c([2H])c([2H])c([2H])c12. The topological polar surface area (TPSA) is 0 Å². The van der Waals surface area contributed by atoms with E-state index in [2.05, 4.69) is 0 Å². The molecule has 0 saturated heterocycles. The Bertz CT molecular complexity index is 2910. The molecule has 0 N–H and O–H groups in total. The van der Waals surface area contributed by atoms with Crippen LogP contribution in [0.25, 0.3) is 65.3 Å². The summed E-state index contributed by atoms with van der Waals surface area (Å²) in [5.41, 5.74) is -2.28. The van der Waals surface area contributed by atoms with Gasteiger partial charge in [0.25, 0.3) is 0 Å². The van der Waals surface area contributed by atoms with Crippen LogP contribution in [0.1, 0.15) is 28.8 Å². The van der Waals surface area contributed by atoms with Gasteiger partial charge >= 0.3 is 0 Å². The fourth-order valence-electron chi connectivity index (χ4n) is 4.00. The first-order valence-electron chi connectivity index (χ1n) is 20.6. The van der Waals surface area contributed by atoms with Crippen molar-refractivity contribution in [3.63, 3.8) is 0 Å². The van der Waals surface area contributed by atoms with Gasteiger partial charge in [-0.1, -0.05) is 121 Å². The molecule has 0 fully saturated rings. The Morgan fingerprint density at radius 2 is 0.765 bits per heavy atom. The summed E-state index contributed by atoms with van der Waals surface area (Å²) in [4.78, 5) is 0. The van der Waals surface area contributed by atoms with Gasteiger partial charge in [-0.05, 0) is 77.4 Å². The van der Waals surface area contributed by atoms with E-state index in [4.69, 9.17) is 26.0 Å². The van der Waals surface area contributed by atoms with Crippen LogP contribution < -0.4 is 0 Å². The third-order valence-electron chi connectivity index (χ3n) is 5.45. The number of rotatable bonds is 2. The molecule has 0 aromatic heterocycles. The van der Waals surface area contributed by atoms with Crippen LogP contribution in [-0.2, 0) is 0 Å². The Balaban J connectivity index is 1.90. The first-order chi connectivity index (χ1) is 25.6. The Labute approximate surface area is 228 Å². The average Bonchev–Trinajstić information content (AvgIpc) is 3.15. The van der Waals surface area contributed by atoms with Crippen molar-refractivity contribution in [2.24, 2.45) is 0 Å². The summed E-state index contributed by atoms with van der Waals surface area (Å²) in [5.74, 6) is 0. The van der Waals surface area contributed by atoms with Crippen LogP contribution in [-0.4, -0.2) is 0 Å². The molecule has 0 unspecified atom stereocenters. The van der Waals surface area contributed by atoms with E-state index >= 15 is 0 Å². The van der Waals surface area contributed by atoms with Gasteiger partial charge in [-0.15, -0.1) is 0 Å². The van der Waals surface area contributed by atoms with E-state index in [9.17, 15) is 2.74 Å². The van der Waals surface area contributed by atoms with Crippen LogP contribution in [0.15, 0.2) is 133 Å². The molecule has 0 saturated carbocycles. The molecule has 0 nitrogen and oxygen atoms in total. The summed E-state index contributed by atoms with van der Waals surface area (Å²) < 4.78 is 184. The van der Waals surface area contributed by atoms with E-state index in [0.29, 0.717) is 0 Å². The number of hydrogen-bond acceptors (Lipinski definition) is 0. The Hall–Kier alpha value is -4.42. The highest BCUT2D eigenvalue weighted by atomic mass is 14.2. The zero-order valence-electron chi connectivity index (χ0n) is 38.1. The molecule has 0 heteroatoms. The monoisotopic (exact) mass is 451 g/mol. The maximum atomic E-state index is 9.30. The Morgan fingerprint density at radius 1 is 0.353 bits per heavy atom. The number of benzene rings is 7. The predicted octanol–water partition coefficient (Wildman–Crippen LogP) is 9.63. The van der Waals surface area contributed by atoms with Crippen molar-refractivity contribution < 1.29 is 28.8 Å². The largest absolute Gasteiger partial charge is 0.0636 e. The molecule has 158 valence electrons. The lowest BCUT2D eigenvalue weighted by atomic mass is 9.85. The summed E-state index contributed by atoms with van der Waals surface area (Å²) in [5, 5.41) is -3.93. The molecule has 0 atom stereocenters. The molecule has 0 radical (unpaired) electrons. The summed E-state index contributed by atoms with van der Waals surface area (Å²) in [6, 6.07) is -15.4. The fourth-order valence-corrected chi connectivity index (χ4v) is 4.00. The van der Waals surface area contributed by atoms with E-state index < -0.39 is 187 Å². The minimum absolute atomic E-state index is 0.236. The smallest absolute Gasteiger partial charge is 0.0616 e. The standard InChI is InChI=1S/C34H22/c1-3-11-25-21-27(19-17-23(25)9-1)33-29-13-5-7-15-31(29)34(32-16-8-6-14-30(32)33)28-20-18-24-10-2-4-12-26(24)22-28/h1-22H/i1D,2D,3D,4D,5D,6D,7D,8D,9D,10D,11D,12D,13D,14D,15D,16D,17D,19D,20D,21D,22D. The predicted molar refractivity (Wildman–Crippen MR) is 147 cm³/mol. The highest BCUT2D eigenvalue weighted by molar-refractivity contribution is 6.22. The van der Waals surface area contributed by atoms with Crippen molar-refractivity contribution in [1.82, 2.24) is 0 Å². The zero-order chi connectivity index (χ0) is 40.8. The molecule has 0 spiro atoms. The van der Waals surface area contributed by atoms with Crippen LogP contribution >= 0.6 is 0 Å². The van der Waals surface area contributed by atoms with E-state index in [1.165, 1.54) is 0 Å². The van der Waals surface area contributed by atoms with Crippen LogP contribution in [0, 0.1) is 0 Å². The quantitative estimate of drug-likeness (QED) is 0.229. The van der Waals surface area contributed by atoms with Gasteiger partial charge in [-0.3, -0.25) is 0 Å². The first-order valence-corrected chi connectivity index (χ1v) is 10.1. The normalized spacial score (nSPS) is 20.2. The Kier molecular flexibility index (Phi) is 1.68. The lowest BCUT2D eigenvalue weighted by Crippen LogP contribution is -1.91. The molecule has 0 aliphatic rings. The summed E-state index contributed by atoms with van der Waals surface area (Å²) in [7, 11) is 0. The molecule has 0 bridgehead atoms. The van der Waals surface area contributed by atoms with Crippen molar-refractivity contribution in [2.75, 3.05) is 0 Å². The van der Waals surface area contributed by atoms with Gasteiger partial charge in [-0.25, -0.2) is 0 Å². The fraction of sp³-hybridized carbons (Fsp3) is 0. The molecular formula is C34H22. The van der Waals surface area contributed by atoms with Gasteiger partial charge in [0.2, 0.25) is 0 Å². The lowest BCUT2D eigenvalue weighted by molar-refractivity contribution is 1.68. The van der Waals surface area contributed by atoms with Gasteiger partial charge in [0.15, 0.2) is 0 Å². The van der Waals surface area contributed by atoms with Crippen LogP contribution in [0.5, 0.6) is 0 Å². The minimum Gasteiger partial charge on any atom is -0.0616 e. The summed E-state index contributed by atoms with van der Waals surface area (Å²) in [6.45, 7) is 0. The van der Waals surface area contributed by atoms with Crippen molar-refractivity contribution >= 4 is 43.1 Å². The first kappa shape index (κ1) is 7.55. The number of fused-ring (bicyclic) bond motifs is 4. The second-order valence-corrected chi connectivity index (χ2v) is 7.33. The second-order valence-electron chi connectivity index (χ2n) is 7.33. The molecule has 34 heavy (non-hydrogen) atoms. The molecule has 7 rings (SSSR count). The molecule has 0 heterocycles. The highest BCUT2D eigenvalue weighted by Crippen LogP contribution is 2.44. The minimum atomic E-state index is -0.874. The van der Waals surface area contributed by atoms with Gasteiger partial charge in [-0.2, -0.15) is 0 Å².